The lowest BCUT2D eigenvalue weighted by Gasteiger charge is -2.05. The van der Waals surface area contributed by atoms with Gasteiger partial charge in [-0.05, 0) is 66.3 Å². The van der Waals surface area contributed by atoms with Crippen LogP contribution in [0, 0.1) is 23.1 Å². The molecule has 1 saturated carbocycles. The Labute approximate surface area is 140 Å². The molecule has 0 radical (unpaired) electrons. The van der Waals surface area contributed by atoms with E-state index < -0.39 is 0 Å². The Morgan fingerprint density at radius 3 is 3.00 bits per heavy atom. The minimum atomic E-state index is -0.189. The number of rotatable bonds is 5. The molecule has 0 aliphatic heterocycles. The summed E-state index contributed by atoms with van der Waals surface area (Å²) in [7, 11) is 0. The maximum absolute atomic E-state index is 13.2. The Bertz CT molecular complexity index is 922. The first-order valence-corrected chi connectivity index (χ1v) is 8.21. The van der Waals surface area contributed by atoms with Crippen molar-refractivity contribution in [3.05, 3.63) is 71.2 Å². The molecule has 2 aromatic carbocycles. The molecule has 1 fully saturated rings. The van der Waals surface area contributed by atoms with E-state index in [2.05, 4.69) is 22.6 Å². The van der Waals surface area contributed by atoms with Crippen molar-refractivity contribution in [2.45, 2.75) is 18.9 Å². The standard InChI is InChI=1S/C20H18FN3/c21-16-3-1-2-14(6-16)10-23-11-15-8-17(15)19-12-24-20-5-4-13(9-22)7-18(19)20/h1-7,12,15,17,23-24H,8,10-11H2. The van der Waals surface area contributed by atoms with E-state index in [9.17, 15) is 4.39 Å². The van der Waals surface area contributed by atoms with Crippen LogP contribution in [0.4, 0.5) is 4.39 Å². The zero-order valence-electron chi connectivity index (χ0n) is 13.2. The molecule has 3 aromatic rings. The normalized spacial score (nSPS) is 19.3. The number of aromatic amines is 1. The smallest absolute Gasteiger partial charge is 0.123 e. The van der Waals surface area contributed by atoms with Crippen LogP contribution >= 0.6 is 0 Å². The van der Waals surface area contributed by atoms with Gasteiger partial charge in [-0.15, -0.1) is 0 Å². The van der Waals surface area contributed by atoms with E-state index in [0.717, 1.165) is 29.4 Å². The van der Waals surface area contributed by atoms with Gasteiger partial charge in [-0.1, -0.05) is 12.1 Å². The van der Waals surface area contributed by atoms with Crippen molar-refractivity contribution < 1.29 is 4.39 Å². The Morgan fingerprint density at radius 2 is 2.17 bits per heavy atom. The fourth-order valence-corrected chi connectivity index (χ4v) is 3.42. The van der Waals surface area contributed by atoms with E-state index in [1.54, 1.807) is 12.1 Å². The maximum Gasteiger partial charge on any atom is 0.123 e. The highest BCUT2D eigenvalue weighted by atomic mass is 19.1. The number of nitrogens with one attached hydrogen (secondary N) is 2. The number of nitrogens with zero attached hydrogens (tertiary/aromatic N) is 1. The summed E-state index contributed by atoms with van der Waals surface area (Å²) in [4.78, 5) is 3.30. The van der Waals surface area contributed by atoms with Crippen molar-refractivity contribution in [3.63, 3.8) is 0 Å². The third-order valence-electron chi connectivity index (χ3n) is 4.79. The number of fused-ring (bicyclic) bond motifs is 1. The van der Waals surface area contributed by atoms with Gasteiger partial charge < -0.3 is 10.3 Å². The molecule has 3 nitrogen and oxygen atoms in total. The number of halogens is 1. The van der Waals surface area contributed by atoms with Gasteiger partial charge in [0.05, 0.1) is 11.6 Å². The molecule has 1 aromatic heterocycles. The number of nitriles is 1. The molecule has 1 aliphatic rings. The number of hydrogen-bond donors (Lipinski definition) is 2. The van der Waals surface area contributed by atoms with E-state index in [-0.39, 0.29) is 5.82 Å². The van der Waals surface area contributed by atoms with E-state index >= 15 is 0 Å². The SMILES string of the molecule is N#Cc1ccc2[nH]cc(C3CC3CNCc3cccc(F)c3)c2c1. The van der Waals surface area contributed by atoms with Crippen molar-refractivity contribution in [2.75, 3.05) is 6.54 Å². The Kier molecular flexibility index (Phi) is 3.79. The summed E-state index contributed by atoms with van der Waals surface area (Å²) >= 11 is 0. The van der Waals surface area contributed by atoms with Crippen LogP contribution in [0.3, 0.4) is 0 Å². The third kappa shape index (κ3) is 2.91. The van der Waals surface area contributed by atoms with Gasteiger partial charge in [0, 0.05) is 23.6 Å². The molecule has 0 amide bonds. The van der Waals surface area contributed by atoms with Gasteiger partial charge >= 0.3 is 0 Å². The summed E-state index contributed by atoms with van der Waals surface area (Å²) in [5.74, 6) is 0.946. The fraction of sp³-hybridized carbons (Fsp3) is 0.250. The van der Waals surface area contributed by atoms with Crippen molar-refractivity contribution in [2.24, 2.45) is 5.92 Å². The van der Waals surface area contributed by atoms with E-state index in [0.29, 0.717) is 23.9 Å². The third-order valence-corrected chi connectivity index (χ3v) is 4.79. The zero-order chi connectivity index (χ0) is 16.5. The van der Waals surface area contributed by atoms with E-state index in [1.807, 2.05) is 24.3 Å². The molecule has 0 bridgehead atoms. The first kappa shape index (κ1) is 14.9. The molecule has 2 unspecified atom stereocenters. The van der Waals surface area contributed by atoms with Crippen LogP contribution in [0.2, 0.25) is 0 Å². The first-order chi connectivity index (χ1) is 11.7. The van der Waals surface area contributed by atoms with Crippen LogP contribution in [-0.2, 0) is 6.54 Å². The summed E-state index contributed by atoms with van der Waals surface area (Å²) in [5.41, 5.74) is 4.06. The summed E-state index contributed by atoms with van der Waals surface area (Å²) < 4.78 is 13.2. The topological polar surface area (TPSA) is 51.6 Å². The highest BCUT2D eigenvalue weighted by molar-refractivity contribution is 5.85. The summed E-state index contributed by atoms with van der Waals surface area (Å²) in [6.07, 6.45) is 3.23. The second-order valence-corrected chi connectivity index (χ2v) is 6.48. The molecular formula is C20H18FN3. The average Bonchev–Trinajstić information content (AvgIpc) is 3.23. The van der Waals surface area contributed by atoms with Crippen LogP contribution in [0.5, 0.6) is 0 Å². The van der Waals surface area contributed by atoms with Crippen molar-refractivity contribution in [1.29, 1.82) is 5.26 Å². The molecule has 2 N–H and O–H groups in total. The number of benzene rings is 2. The molecule has 2 atom stereocenters. The second-order valence-electron chi connectivity index (χ2n) is 6.48. The van der Waals surface area contributed by atoms with Gasteiger partial charge in [-0.3, -0.25) is 0 Å². The summed E-state index contributed by atoms with van der Waals surface area (Å²) in [6, 6.07) is 14.7. The van der Waals surface area contributed by atoms with E-state index in [1.165, 1.54) is 11.6 Å². The number of hydrogen-bond acceptors (Lipinski definition) is 2. The lowest BCUT2D eigenvalue weighted by Crippen LogP contribution is -2.16. The maximum atomic E-state index is 13.2. The van der Waals surface area contributed by atoms with Gasteiger partial charge in [0.1, 0.15) is 5.82 Å². The zero-order valence-corrected chi connectivity index (χ0v) is 13.2. The predicted octanol–water partition coefficient (Wildman–Crippen LogP) is 4.07. The number of H-pyrrole nitrogens is 1. The van der Waals surface area contributed by atoms with Crippen LogP contribution in [0.15, 0.2) is 48.7 Å². The average molecular weight is 319 g/mol. The second kappa shape index (κ2) is 6.10. The molecule has 24 heavy (non-hydrogen) atoms. The highest BCUT2D eigenvalue weighted by Gasteiger charge is 2.39. The van der Waals surface area contributed by atoms with E-state index in [4.69, 9.17) is 5.26 Å². The molecule has 4 heteroatoms. The monoisotopic (exact) mass is 319 g/mol. The number of aromatic nitrogens is 1. The van der Waals surface area contributed by atoms with Gasteiger partial charge in [0.2, 0.25) is 0 Å². The van der Waals surface area contributed by atoms with Gasteiger partial charge in [0.25, 0.3) is 0 Å². The Hall–Kier alpha value is -2.64. The molecule has 0 spiro atoms. The van der Waals surface area contributed by atoms with Crippen LogP contribution in [0.25, 0.3) is 10.9 Å². The Balaban J connectivity index is 1.39. The van der Waals surface area contributed by atoms with Gasteiger partial charge in [-0.2, -0.15) is 5.26 Å². The van der Waals surface area contributed by atoms with Crippen LogP contribution in [0.1, 0.15) is 29.0 Å². The largest absolute Gasteiger partial charge is 0.361 e. The first-order valence-electron chi connectivity index (χ1n) is 8.21. The van der Waals surface area contributed by atoms with Crippen LogP contribution in [-0.4, -0.2) is 11.5 Å². The molecular weight excluding hydrogens is 301 g/mol. The molecule has 1 heterocycles. The molecule has 0 saturated heterocycles. The minimum Gasteiger partial charge on any atom is -0.361 e. The summed E-state index contributed by atoms with van der Waals surface area (Å²) in [5, 5.41) is 13.7. The summed E-state index contributed by atoms with van der Waals surface area (Å²) in [6.45, 7) is 1.61. The highest BCUT2D eigenvalue weighted by Crippen LogP contribution is 2.49. The lowest BCUT2D eigenvalue weighted by molar-refractivity contribution is 0.609. The van der Waals surface area contributed by atoms with Crippen molar-refractivity contribution >= 4 is 10.9 Å². The molecule has 1 aliphatic carbocycles. The van der Waals surface area contributed by atoms with Crippen molar-refractivity contribution in [1.82, 2.24) is 10.3 Å². The van der Waals surface area contributed by atoms with Crippen LogP contribution < -0.4 is 5.32 Å². The molecule has 120 valence electrons. The van der Waals surface area contributed by atoms with Gasteiger partial charge in [0.15, 0.2) is 0 Å². The fourth-order valence-electron chi connectivity index (χ4n) is 3.42. The van der Waals surface area contributed by atoms with Crippen molar-refractivity contribution in [3.8, 4) is 6.07 Å². The quantitative estimate of drug-likeness (QED) is 0.745. The molecule has 4 rings (SSSR count). The predicted molar refractivity (Wildman–Crippen MR) is 92.0 cm³/mol. The Morgan fingerprint density at radius 1 is 1.25 bits per heavy atom. The lowest BCUT2D eigenvalue weighted by atomic mass is 10.1. The van der Waals surface area contributed by atoms with Gasteiger partial charge in [-0.25, -0.2) is 4.39 Å². The minimum absolute atomic E-state index is 0.189.